The Morgan fingerprint density at radius 2 is 2.09 bits per heavy atom. The summed E-state index contributed by atoms with van der Waals surface area (Å²) in [5.41, 5.74) is 1.81. The maximum atomic E-state index is 12.2. The van der Waals surface area contributed by atoms with Crippen molar-refractivity contribution in [1.29, 1.82) is 0 Å². The van der Waals surface area contributed by atoms with Crippen molar-refractivity contribution in [2.45, 2.75) is 33.2 Å². The van der Waals surface area contributed by atoms with E-state index >= 15 is 0 Å². The Morgan fingerprint density at radius 1 is 1.32 bits per heavy atom. The van der Waals surface area contributed by atoms with Crippen molar-refractivity contribution in [3.63, 3.8) is 0 Å². The summed E-state index contributed by atoms with van der Waals surface area (Å²) in [6, 6.07) is 6.05. The van der Waals surface area contributed by atoms with Crippen molar-refractivity contribution in [1.82, 2.24) is 10.3 Å². The Bertz CT molecular complexity index is 657. The minimum Gasteiger partial charge on any atom is -0.357 e. The number of hydrogen-bond acceptors (Lipinski definition) is 4. The summed E-state index contributed by atoms with van der Waals surface area (Å²) >= 11 is 1.66. The van der Waals surface area contributed by atoms with Crippen LogP contribution in [0.25, 0.3) is 0 Å². The van der Waals surface area contributed by atoms with Gasteiger partial charge in [-0.25, -0.2) is 4.98 Å². The molecule has 2 aromatic rings. The molecule has 0 aliphatic carbocycles. The minimum atomic E-state index is -0.00882. The highest BCUT2D eigenvalue weighted by Gasteiger charge is 2.14. The van der Waals surface area contributed by atoms with Crippen LogP contribution in [0.1, 0.15) is 38.5 Å². The van der Waals surface area contributed by atoms with E-state index in [0.717, 1.165) is 34.9 Å². The monoisotopic (exact) mass is 315 g/mol. The zero-order chi connectivity index (χ0) is 15.5. The van der Waals surface area contributed by atoms with Crippen LogP contribution < -0.4 is 10.2 Å². The molecule has 0 unspecified atom stereocenters. The average molecular weight is 315 g/mol. The number of nitrogens with zero attached hydrogens (tertiary/aromatic N) is 2. The normalized spacial score (nSPS) is 14.4. The lowest BCUT2D eigenvalue weighted by atomic mass is 10.2. The van der Waals surface area contributed by atoms with Gasteiger partial charge in [-0.3, -0.25) is 4.79 Å². The quantitative estimate of drug-likeness (QED) is 0.941. The van der Waals surface area contributed by atoms with Crippen LogP contribution in [0, 0.1) is 13.8 Å². The Morgan fingerprint density at radius 3 is 2.68 bits per heavy atom. The molecule has 0 spiro atoms. The summed E-state index contributed by atoms with van der Waals surface area (Å²) < 4.78 is 0. The molecule has 1 fully saturated rings. The van der Waals surface area contributed by atoms with Gasteiger partial charge in [0.25, 0.3) is 5.91 Å². The molecule has 3 rings (SSSR count). The lowest BCUT2D eigenvalue weighted by Gasteiger charge is -2.16. The van der Waals surface area contributed by atoms with E-state index in [1.54, 1.807) is 11.3 Å². The summed E-state index contributed by atoms with van der Waals surface area (Å²) in [4.78, 5) is 21.2. The number of aromatic nitrogens is 1. The van der Waals surface area contributed by atoms with Crippen LogP contribution >= 0.6 is 11.3 Å². The highest BCUT2D eigenvalue weighted by Crippen LogP contribution is 2.21. The van der Waals surface area contributed by atoms with Crippen molar-refractivity contribution in [2.75, 3.05) is 18.0 Å². The van der Waals surface area contributed by atoms with E-state index < -0.39 is 0 Å². The number of pyridine rings is 1. The van der Waals surface area contributed by atoms with Crippen molar-refractivity contribution in [2.24, 2.45) is 0 Å². The second-order valence-corrected chi connectivity index (χ2v) is 7.19. The van der Waals surface area contributed by atoms with Crippen molar-refractivity contribution in [3.8, 4) is 0 Å². The molecule has 1 aliphatic rings. The summed E-state index contributed by atoms with van der Waals surface area (Å²) in [6.45, 7) is 6.72. The lowest BCUT2D eigenvalue weighted by molar-refractivity contribution is 0.0951. The first-order valence-corrected chi connectivity index (χ1v) is 8.50. The minimum absolute atomic E-state index is 0.00882. The zero-order valence-electron chi connectivity index (χ0n) is 13.1. The van der Waals surface area contributed by atoms with Gasteiger partial charge >= 0.3 is 0 Å². The molecule has 4 nitrogen and oxygen atoms in total. The molecule has 1 amide bonds. The molecule has 1 N–H and O–H groups in total. The van der Waals surface area contributed by atoms with Crippen LogP contribution in [0.5, 0.6) is 0 Å². The van der Waals surface area contributed by atoms with E-state index in [1.165, 1.54) is 17.7 Å². The van der Waals surface area contributed by atoms with Gasteiger partial charge in [0.1, 0.15) is 5.82 Å². The first-order chi connectivity index (χ1) is 10.6. The highest BCUT2D eigenvalue weighted by atomic mass is 32.1. The van der Waals surface area contributed by atoms with Crippen LogP contribution in [-0.2, 0) is 6.54 Å². The van der Waals surface area contributed by atoms with Gasteiger partial charge in [-0.1, -0.05) is 6.07 Å². The molecule has 0 bridgehead atoms. The van der Waals surface area contributed by atoms with Crippen molar-refractivity contribution < 1.29 is 4.79 Å². The van der Waals surface area contributed by atoms with E-state index in [1.807, 2.05) is 38.2 Å². The molecule has 3 heterocycles. The molecule has 5 heteroatoms. The number of hydrogen-bond donors (Lipinski definition) is 1. The lowest BCUT2D eigenvalue weighted by Crippen LogP contribution is -2.23. The number of carbonyl (C=O) groups excluding carboxylic acids is 1. The number of anilines is 1. The number of amides is 1. The highest BCUT2D eigenvalue weighted by molar-refractivity contribution is 7.12. The van der Waals surface area contributed by atoms with E-state index in [2.05, 4.69) is 15.2 Å². The van der Waals surface area contributed by atoms with Crippen molar-refractivity contribution in [3.05, 3.63) is 45.3 Å². The molecular formula is C17H21N3OS. The van der Waals surface area contributed by atoms with Crippen LogP contribution in [0.2, 0.25) is 0 Å². The average Bonchev–Trinajstić information content (AvgIpc) is 3.15. The third kappa shape index (κ3) is 3.30. The number of nitrogens with one attached hydrogen (secondary N) is 1. The number of aryl methyl sites for hydroxylation is 2. The smallest absolute Gasteiger partial charge is 0.252 e. The third-order valence-corrected chi connectivity index (χ3v) is 4.94. The van der Waals surface area contributed by atoms with Gasteiger partial charge in [-0.15, -0.1) is 11.3 Å². The van der Waals surface area contributed by atoms with Crippen molar-refractivity contribution >= 4 is 23.1 Å². The topological polar surface area (TPSA) is 45.2 Å². The predicted molar refractivity (Wildman–Crippen MR) is 90.6 cm³/mol. The van der Waals surface area contributed by atoms with Crippen LogP contribution in [0.4, 0.5) is 5.82 Å². The van der Waals surface area contributed by atoms with Gasteiger partial charge in [-0.05, 0) is 44.4 Å². The van der Waals surface area contributed by atoms with Gasteiger partial charge in [0.2, 0.25) is 0 Å². The van der Waals surface area contributed by atoms with Crippen LogP contribution in [0.15, 0.2) is 24.4 Å². The van der Waals surface area contributed by atoms with E-state index in [9.17, 15) is 4.79 Å². The Kier molecular flexibility index (Phi) is 4.43. The maximum Gasteiger partial charge on any atom is 0.252 e. The van der Waals surface area contributed by atoms with Gasteiger partial charge in [0.05, 0.1) is 5.56 Å². The van der Waals surface area contributed by atoms with Gasteiger partial charge in [0.15, 0.2) is 0 Å². The number of thiophene rings is 1. The number of rotatable bonds is 4. The molecule has 0 atom stereocenters. The Hall–Kier alpha value is -1.88. The predicted octanol–water partition coefficient (Wildman–Crippen LogP) is 3.29. The van der Waals surface area contributed by atoms with Gasteiger partial charge < -0.3 is 10.2 Å². The zero-order valence-corrected chi connectivity index (χ0v) is 13.9. The van der Waals surface area contributed by atoms with Gasteiger partial charge in [-0.2, -0.15) is 0 Å². The first kappa shape index (κ1) is 15.0. The van der Waals surface area contributed by atoms with Gasteiger partial charge in [0, 0.05) is 35.6 Å². The second kappa shape index (κ2) is 6.48. The van der Waals surface area contributed by atoms with E-state index in [-0.39, 0.29) is 5.91 Å². The Labute approximate surface area is 135 Å². The van der Waals surface area contributed by atoms with E-state index in [0.29, 0.717) is 6.54 Å². The Balaban J connectivity index is 1.59. The summed E-state index contributed by atoms with van der Waals surface area (Å²) in [5.74, 6) is 1.03. The molecule has 116 valence electrons. The molecule has 2 aromatic heterocycles. The summed E-state index contributed by atoms with van der Waals surface area (Å²) in [7, 11) is 0. The fourth-order valence-corrected chi connectivity index (χ4v) is 3.71. The maximum absolute atomic E-state index is 12.2. The molecule has 0 radical (unpaired) electrons. The molecule has 0 aromatic carbocycles. The van der Waals surface area contributed by atoms with E-state index in [4.69, 9.17) is 0 Å². The first-order valence-electron chi connectivity index (χ1n) is 7.68. The largest absolute Gasteiger partial charge is 0.357 e. The summed E-state index contributed by atoms with van der Waals surface area (Å²) in [5, 5.41) is 2.97. The standard InChI is InChI=1S/C17H21N3OS/c1-12-9-15(13(2)22-12)17(21)19-11-14-5-6-16(18-10-14)20-7-3-4-8-20/h5-6,9-10H,3-4,7-8,11H2,1-2H3,(H,19,21). The van der Waals surface area contributed by atoms with Crippen LogP contribution in [-0.4, -0.2) is 24.0 Å². The molecule has 22 heavy (non-hydrogen) atoms. The molecule has 0 saturated carbocycles. The molecule has 1 aliphatic heterocycles. The molecular weight excluding hydrogens is 294 g/mol. The van der Waals surface area contributed by atoms with Crippen LogP contribution in [0.3, 0.4) is 0 Å². The fourth-order valence-electron chi connectivity index (χ4n) is 2.79. The molecule has 1 saturated heterocycles. The SMILES string of the molecule is Cc1cc(C(=O)NCc2ccc(N3CCCC3)nc2)c(C)s1. The number of carbonyl (C=O) groups is 1. The fraction of sp³-hybridized carbons (Fsp3) is 0.412. The summed E-state index contributed by atoms with van der Waals surface area (Å²) in [6.07, 6.45) is 4.36. The second-order valence-electron chi connectivity index (χ2n) is 5.73. The third-order valence-electron chi connectivity index (χ3n) is 3.98.